The van der Waals surface area contributed by atoms with E-state index in [1.807, 2.05) is 6.92 Å². The molecule has 84 valence electrons. The average molecular weight is 211 g/mol. The molecule has 0 atom stereocenters. The van der Waals surface area contributed by atoms with Crippen LogP contribution in [0.25, 0.3) is 0 Å². The van der Waals surface area contributed by atoms with Crippen molar-refractivity contribution in [3.8, 4) is 0 Å². The molecule has 0 aliphatic heterocycles. The van der Waals surface area contributed by atoms with Crippen molar-refractivity contribution in [3.63, 3.8) is 0 Å². The van der Waals surface area contributed by atoms with Crippen LogP contribution in [0.1, 0.15) is 49.3 Å². The van der Waals surface area contributed by atoms with Crippen molar-refractivity contribution in [1.82, 2.24) is 4.98 Å². The molecule has 0 radical (unpaired) electrons. The Morgan fingerprint density at radius 3 is 2.60 bits per heavy atom. The topological polar surface area (TPSA) is 63.3 Å². The van der Waals surface area contributed by atoms with Crippen LogP contribution >= 0.6 is 0 Å². The van der Waals surface area contributed by atoms with Crippen LogP contribution < -0.4 is 0 Å². The summed E-state index contributed by atoms with van der Waals surface area (Å²) < 4.78 is 5.21. The van der Waals surface area contributed by atoms with E-state index in [9.17, 15) is 4.79 Å². The maximum absolute atomic E-state index is 10.8. The average Bonchev–Trinajstić information content (AvgIpc) is 2.57. The minimum atomic E-state index is -1.03. The lowest BCUT2D eigenvalue weighted by Crippen LogP contribution is -1.98. The number of rotatable bonds is 5. The van der Waals surface area contributed by atoms with Gasteiger partial charge in [-0.25, -0.2) is 9.78 Å². The largest absolute Gasteiger partial charge is 0.475 e. The predicted molar refractivity (Wildman–Crippen MR) is 56.0 cm³/mol. The van der Waals surface area contributed by atoms with Gasteiger partial charge in [0.05, 0.1) is 5.69 Å². The van der Waals surface area contributed by atoms with Gasteiger partial charge in [-0.1, -0.05) is 20.8 Å². The van der Waals surface area contributed by atoms with Gasteiger partial charge in [0.25, 0.3) is 0 Å². The van der Waals surface area contributed by atoms with Crippen molar-refractivity contribution in [3.05, 3.63) is 17.3 Å². The third-order valence-corrected chi connectivity index (χ3v) is 2.21. The quantitative estimate of drug-likeness (QED) is 0.812. The maximum Gasteiger partial charge on any atom is 0.373 e. The molecule has 0 amide bonds. The van der Waals surface area contributed by atoms with Crippen LogP contribution in [0.2, 0.25) is 0 Å². The summed E-state index contributed by atoms with van der Waals surface area (Å²) in [4.78, 5) is 15.0. The molecule has 0 saturated carbocycles. The Balaban J connectivity index is 2.78. The molecule has 0 bridgehead atoms. The van der Waals surface area contributed by atoms with Crippen molar-refractivity contribution < 1.29 is 14.3 Å². The monoisotopic (exact) mass is 211 g/mol. The van der Waals surface area contributed by atoms with E-state index < -0.39 is 5.97 Å². The van der Waals surface area contributed by atoms with Crippen molar-refractivity contribution in [2.45, 2.75) is 40.0 Å². The fourth-order valence-corrected chi connectivity index (χ4v) is 1.33. The Hall–Kier alpha value is -1.32. The van der Waals surface area contributed by atoms with Gasteiger partial charge in [-0.2, -0.15) is 0 Å². The minimum Gasteiger partial charge on any atom is -0.475 e. The number of aryl methyl sites for hydroxylation is 2. The second-order valence-corrected chi connectivity index (χ2v) is 3.97. The smallest absolute Gasteiger partial charge is 0.373 e. The van der Waals surface area contributed by atoms with Gasteiger partial charge < -0.3 is 9.52 Å². The number of nitrogens with zero attached hydrogens (tertiary/aromatic N) is 1. The Kier molecular flexibility index (Phi) is 3.88. The van der Waals surface area contributed by atoms with Crippen molar-refractivity contribution in [2.24, 2.45) is 5.92 Å². The molecular weight excluding hydrogens is 194 g/mol. The molecule has 1 rings (SSSR count). The second-order valence-electron chi connectivity index (χ2n) is 3.97. The molecule has 15 heavy (non-hydrogen) atoms. The zero-order valence-electron chi connectivity index (χ0n) is 9.41. The lowest BCUT2D eigenvalue weighted by molar-refractivity contribution is 0.0658. The summed E-state index contributed by atoms with van der Waals surface area (Å²) in [5, 5.41) is 8.85. The summed E-state index contributed by atoms with van der Waals surface area (Å²) in [5.41, 5.74) is 0.543. The number of carboxylic acids is 1. The highest BCUT2D eigenvalue weighted by molar-refractivity contribution is 5.85. The first kappa shape index (κ1) is 11.8. The van der Waals surface area contributed by atoms with Gasteiger partial charge >= 0.3 is 5.97 Å². The number of aromatic nitrogens is 1. The highest BCUT2D eigenvalue weighted by atomic mass is 16.4. The molecule has 4 heteroatoms. The van der Waals surface area contributed by atoms with Crippen LogP contribution in [0, 0.1) is 5.92 Å². The maximum atomic E-state index is 10.8. The van der Waals surface area contributed by atoms with Crippen LogP contribution in [0.5, 0.6) is 0 Å². The summed E-state index contributed by atoms with van der Waals surface area (Å²) >= 11 is 0. The van der Waals surface area contributed by atoms with E-state index in [1.165, 1.54) is 0 Å². The third kappa shape index (κ3) is 3.08. The first-order valence-corrected chi connectivity index (χ1v) is 5.26. The summed E-state index contributed by atoms with van der Waals surface area (Å²) in [6.07, 6.45) is 2.26. The standard InChI is InChI=1S/C11H17NO3/c1-4-8-10(11(13)14)15-9(12-8)6-5-7(2)3/h7H,4-6H2,1-3H3,(H,13,14). The van der Waals surface area contributed by atoms with Crippen LogP contribution in [-0.4, -0.2) is 16.1 Å². The third-order valence-electron chi connectivity index (χ3n) is 2.21. The first-order chi connectivity index (χ1) is 7.04. The SMILES string of the molecule is CCc1nc(CCC(C)C)oc1C(=O)O. The minimum absolute atomic E-state index is 0.00347. The van der Waals surface area contributed by atoms with E-state index in [1.54, 1.807) is 0 Å². The molecule has 4 nitrogen and oxygen atoms in total. The van der Waals surface area contributed by atoms with E-state index in [-0.39, 0.29) is 5.76 Å². The fraction of sp³-hybridized carbons (Fsp3) is 0.636. The van der Waals surface area contributed by atoms with E-state index >= 15 is 0 Å². The Labute approximate surface area is 89.3 Å². The van der Waals surface area contributed by atoms with Gasteiger partial charge in [0.2, 0.25) is 5.76 Å². The van der Waals surface area contributed by atoms with Crippen LogP contribution in [0.4, 0.5) is 0 Å². The molecule has 0 aromatic carbocycles. The molecule has 0 unspecified atom stereocenters. The van der Waals surface area contributed by atoms with E-state index in [0.717, 1.165) is 6.42 Å². The van der Waals surface area contributed by atoms with E-state index in [0.29, 0.717) is 30.3 Å². The van der Waals surface area contributed by atoms with Gasteiger partial charge in [-0.15, -0.1) is 0 Å². The molecule has 1 N–H and O–H groups in total. The summed E-state index contributed by atoms with van der Waals surface area (Å²) in [7, 11) is 0. The van der Waals surface area contributed by atoms with E-state index in [2.05, 4.69) is 18.8 Å². The zero-order valence-corrected chi connectivity index (χ0v) is 9.41. The van der Waals surface area contributed by atoms with Gasteiger partial charge in [0.1, 0.15) is 0 Å². The number of carbonyl (C=O) groups is 1. The highest BCUT2D eigenvalue weighted by Crippen LogP contribution is 2.15. The second kappa shape index (κ2) is 4.96. The zero-order chi connectivity index (χ0) is 11.4. The van der Waals surface area contributed by atoms with Gasteiger partial charge in [-0.3, -0.25) is 0 Å². The van der Waals surface area contributed by atoms with E-state index in [4.69, 9.17) is 9.52 Å². The Morgan fingerprint density at radius 1 is 1.53 bits per heavy atom. The normalized spacial score (nSPS) is 10.9. The van der Waals surface area contributed by atoms with Crippen molar-refractivity contribution in [1.29, 1.82) is 0 Å². The number of carboxylic acid groups (broad SMARTS) is 1. The summed E-state index contributed by atoms with van der Waals surface area (Å²) in [6.45, 7) is 6.10. The molecule has 0 spiro atoms. The number of hydrogen-bond acceptors (Lipinski definition) is 3. The molecule has 1 aromatic rings. The number of aromatic carboxylic acids is 1. The number of hydrogen-bond donors (Lipinski definition) is 1. The molecule has 0 aliphatic carbocycles. The lowest BCUT2D eigenvalue weighted by Gasteiger charge is -1.99. The van der Waals surface area contributed by atoms with Gasteiger partial charge in [0.15, 0.2) is 5.89 Å². The Morgan fingerprint density at radius 2 is 2.20 bits per heavy atom. The summed E-state index contributed by atoms with van der Waals surface area (Å²) in [6, 6.07) is 0. The molecule has 0 fully saturated rings. The highest BCUT2D eigenvalue weighted by Gasteiger charge is 2.17. The van der Waals surface area contributed by atoms with Crippen LogP contribution in [0.15, 0.2) is 4.42 Å². The lowest BCUT2D eigenvalue weighted by atomic mass is 10.1. The van der Waals surface area contributed by atoms with Crippen molar-refractivity contribution in [2.75, 3.05) is 0 Å². The Bertz CT molecular complexity index is 342. The molecule has 0 saturated heterocycles. The molecule has 0 aliphatic rings. The predicted octanol–water partition coefficient (Wildman–Crippen LogP) is 2.52. The molecule has 1 heterocycles. The fourth-order valence-electron chi connectivity index (χ4n) is 1.33. The van der Waals surface area contributed by atoms with Crippen LogP contribution in [-0.2, 0) is 12.8 Å². The van der Waals surface area contributed by atoms with Crippen LogP contribution in [0.3, 0.4) is 0 Å². The van der Waals surface area contributed by atoms with Crippen molar-refractivity contribution >= 4 is 5.97 Å². The molecular formula is C11H17NO3. The van der Waals surface area contributed by atoms with Gasteiger partial charge in [-0.05, 0) is 18.8 Å². The summed E-state index contributed by atoms with van der Waals surface area (Å²) in [5.74, 6) is 0.0691. The molecule has 1 aromatic heterocycles. The first-order valence-electron chi connectivity index (χ1n) is 5.26. The number of oxazole rings is 1. The van der Waals surface area contributed by atoms with Gasteiger partial charge in [0, 0.05) is 6.42 Å².